The Bertz CT molecular complexity index is 9920. The summed E-state index contributed by atoms with van der Waals surface area (Å²) in [6.07, 6.45) is 0. The zero-order chi connectivity index (χ0) is 109. The molecule has 0 fully saturated rings. The highest BCUT2D eigenvalue weighted by atomic mass is 15.1. The first kappa shape index (κ1) is 80.7. The van der Waals surface area contributed by atoms with Crippen LogP contribution < -0.4 is 0 Å². The van der Waals surface area contributed by atoms with Crippen LogP contribution in [0.4, 0.5) is 0 Å². The molecule has 0 spiro atoms. The molecule has 26 rings (SSSR count). The molecule has 6 heteroatoms. The van der Waals surface area contributed by atoms with Crippen molar-refractivity contribution < 1.29 is 13.7 Å². The fourth-order valence-corrected chi connectivity index (χ4v) is 23.1. The monoisotopic (exact) mass is 1900 g/mol. The van der Waals surface area contributed by atoms with Crippen molar-refractivity contribution in [1.29, 1.82) is 0 Å². The van der Waals surface area contributed by atoms with Crippen LogP contribution in [0.3, 0.4) is 0 Å². The highest BCUT2D eigenvalue weighted by Gasteiger charge is 2.35. The topological polar surface area (TPSA) is 29.6 Å². The lowest BCUT2D eigenvalue weighted by atomic mass is 9.78. The molecule has 0 aliphatic carbocycles. The first-order valence-electron chi connectivity index (χ1n) is 55.8. The maximum Gasteiger partial charge on any atom is 0.0629 e. The number of hydrogen-bond donors (Lipinski definition) is 0. The molecule has 26 aromatic rings. The Morgan fingerprint density at radius 2 is 0.425 bits per heavy atom. The quantitative estimate of drug-likeness (QED) is 0.124. The maximum atomic E-state index is 8.95. The van der Waals surface area contributed by atoms with Crippen LogP contribution in [0, 0.1) is 0 Å². The number of hydrogen-bond acceptors (Lipinski definition) is 0. The Labute approximate surface area is 869 Å². The molecule has 0 saturated carbocycles. The summed E-state index contributed by atoms with van der Waals surface area (Å²) in [6, 6.07) is 137. The van der Waals surface area contributed by atoms with Gasteiger partial charge in [0.05, 0.1) is 97.0 Å². The summed E-state index contributed by atoms with van der Waals surface area (Å²) in [5, 5.41) is 14.4. The second-order valence-electron chi connectivity index (χ2n) is 44.1. The molecule has 0 saturated heterocycles. The molecule has 0 radical (unpaired) electrons. The van der Waals surface area contributed by atoms with E-state index in [0.29, 0.717) is 5.69 Å². The number of nitrogens with zero attached hydrogens (tertiary/aromatic N) is 6. The SMILES string of the molecule is CC(C)(C)c1c(-n2c3ccccc3c3ccccc32)ccc2c3ccccc3n(-c3cc(-c4ccccc4)cc(-c4ccccc4)c3)c12.CC(C)(C)c1ccc(C(C)(C)C)c(-c2ccc(-n3c4ccccc4c4ccc(-n5c6ccccc6c6ccccc65)c(C(C)(C)C)c43)cc2)c1.[2H]c1c([2H])c([2H])c(-c2cc(-c3c([2H])c([2H])c([2H])c([2H])c3[2H])cc(-n3c4ccccc4c4ccc(-n5c6ccccc6c6ccccc65)c(C(C)(C)C)c43)c2)c([2H])c1[2H]. The first-order chi connectivity index (χ1) is 74.8. The van der Waals surface area contributed by atoms with E-state index in [2.05, 4.69) is 465 Å². The summed E-state index contributed by atoms with van der Waals surface area (Å²) < 4.78 is 101. The van der Waals surface area contributed by atoms with Crippen molar-refractivity contribution in [3.63, 3.8) is 0 Å². The van der Waals surface area contributed by atoms with Gasteiger partial charge in [0.25, 0.3) is 0 Å². The lowest BCUT2D eigenvalue weighted by Gasteiger charge is -2.27. The van der Waals surface area contributed by atoms with E-state index in [1.54, 1.807) is 18.2 Å². The van der Waals surface area contributed by atoms with Crippen LogP contribution >= 0.6 is 0 Å². The third-order valence-corrected chi connectivity index (χ3v) is 29.4. The molecular weight excluding hydrogens is 1770 g/mol. The number of fused-ring (bicyclic) bond motifs is 18. The predicted octanol–water partition coefficient (Wildman–Crippen LogP) is 38.5. The van der Waals surface area contributed by atoms with Crippen LogP contribution in [0.25, 0.3) is 221 Å². The largest absolute Gasteiger partial charge is 0.309 e. The van der Waals surface area contributed by atoms with E-state index in [1.807, 2.05) is 42.5 Å². The van der Waals surface area contributed by atoms with E-state index in [9.17, 15) is 0 Å². The molecule has 710 valence electrons. The van der Waals surface area contributed by atoms with E-state index in [4.69, 9.17) is 13.7 Å². The van der Waals surface area contributed by atoms with Crippen LogP contribution in [-0.2, 0) is 27.1 Å². The molecule has 20 aromatic carbocycles. The summed E-state index contributed by atoms with van der Waals surface area (Å²) in [6.45, 7) is 34.5. The maximum absolute atomic E-state index is 8.95. The fourth-order valence-electron chi connectivity index (χ4n) is 23.1. The van der Waals surface area contributed by atoms with Crippen LogP contribution in [0.1, 0.15) is 145 Å². The van der Waals surface area contributed by atoms with Gasteiger partial charge in [0.1, 0.15) is 0 Å². The van der Waals surface area contributed by atoms with E-state index < -0.39 is 65.8 Å². The van der Waals surface area contributed by atoms with Gasteiger partial charge in [0.15, 0.2) is 0 Å². The van der Waals surface area contributed by atoms with E-state index in [-0.39, 0.29) is 43.9 Å². The molecule has 6 nitrogen and oxygen atoms in total. The Kier molecular flexibility index (Phi) is 19.7. The first-order valence-corrected chi connectivity index (χ1v) is 50.8. The molecule has 0 amide bonds. The van der Waals surface area contributed by atoms with Gasteiger partial charge >= 0.3 is 0 Å². The standard InChI is InChI=1S/C48H48N2.2C46H36N2/c1-46(2,3)32-24-28-39(47(4,5)6)38(30-32)31-22-25-33(26-23-31)49-40-19-13-12-18-36(40)37-27-29-43(44(45(37)49)48(7,8)9)50-41-20-14-10-16-34(41)35-17-11-15-21-42(35)50;2*1-46(2,3)44-43(48-41-24-14-10-20-36(41)37-21-11-15-25-42(37)48)27-26-39-38-22-12-13-23-40(38)47(45(39)44)35-29-33(31-16-6-4-7-17-31)28-34(30-35)32-18-8-5-9-19-32/h10-30H,1-9H3;2*4-30H,1-3H3/i;4D,5D,6D,7D,8D,9D,16D,17D,18D,19D;. The minimum absolute atomic E-state index is 0.0298. The zero-order valence-corrected chi connectivity index (χ0v) is 85.2. The lowest BCUT2D eigenvalue weighted by Crippen LogP contribution is -2.17. The smallest absolute Gasteiger partial charge is 0.0629 e. The van der Waals surface area contributed by atoms with Crippen LogP contribution in [0.15, 0.2) is 455 Å². The van der Waals surface area contributed by atoms with Crippen molar-refractivity contribution in [2.24, 2.45) is 0 Å². The second kappa shape index (κ2) is 35.7. The highest BCUT2D eigenvalue weighted by molar-refractivity contribution is 6.18. The van der Waals surface area contributed by atoms with Crippen molar-refractivity contribution in [3.05, 3.63) is 483 Å². The lowest BCUT2D eigenvalue weighted by molar-refractivity contribution is 0.578. The molecule has 6 aromatic heterocycles. The zero-order valence-electron chi connectivity index (χ0n) is 95.2. The molecule has 6 heterocycles. The molecule has 0 N–H and O–H groups in total. The van der Waals surface area contributed by atoms with Crippen molar-refractivity contribution in [2.45, 2.75) is 131 Å². The summed E-state index contributed by atoms with van der Waals surface area (Å²) in [5.41, 5.74) is 33.4. The van der Waals surface area contributed by atoms with Crippen LogP contribution in [0.2, 0.25) is 0 Å². The van der Waals surface area contributed by atoms with Crippen molar-refractivity contribution in [2.75, 3.05) is 0 Å². The fraction of sp³-hybridized carbons (Fsp3) is 0.143. The summed E-state index contributed by atoms with van der Waals surface area (Å²) in [5.74, 6) is 0. The average molecular weight is 1900 g/mol. The Morgan fingerprint density at radius 1 is 0.171 bits per heavy atom. The van der Waals surface area contributed by atoms with Gasteiger partial charge in [0, 0.05) is 98.4 Å². The van der Waals surface area contributed by atoms with Gasteiger partial charge in [0.2, 0.25) is 0 Å². The van der Waals surface area contributed by atoms with Gasteiger partial charge in [-0.15, -0.1) is 0 Å². The molecular formula is C140H120N6. The molecule has 0 atom stereocenters. The number of benzene rings is 20. The van der Waals surface area contributed by atoms with Gasteiger partial charge in [-0.2, -0.15) is 0 Å². The van der Waals surface area contributed by atoms with Crippen molar-refractivity contribution in [3.8, 4) is 89.8 Å². The minimum atomic E-state index is -0.532. The molecule has 0 aliphatic rings. The van der Waals surface area contributed by atoms with Crippen molar-refractivity contribution in [1.82, 2.24) is 27.4 Å². The number of aromatic nitrogens is 6. The van der Waals surface area contributed by atoms with Crippen molar-refractivity contribution >= 4 is 131 Å². The van der Waals surface area contributed by atoms with Crippen LogP contribution in [-0.4, -0.2) is 27.4 Å². The van der Waals surface area contributed by atoms with Gasteiger partial charge in [-0.25, -0.2) is 0 Å². The highest BCUT2D eigenvalue weighted by Crippen LogP contribution is 2.51. The molecule has 0 aliphatic heterocycles. The van der Waals surface area contributed by atoms with Gasteiger partial charge in [-0.05, 0) is 215 Å². The van der Waals surface area contributed by atoms with Gasteiger partial charge in [-0.1, -0.05) is 437 Å². The van der Waals surface area contributed by atoms with E-state index in [1.165, 1.54) is 160 Å². The third kappa shape index (κ3) is 15.8. The van der Waals surface area contributed by atoms with Gasteiger partial charge < -0.3 is 27.4 Å². The molecule has 146 heavy (non-hydrogen) atoms. The Morgan fingerprint density at radius 3 is 0.699 bits per heavy atom. The number of rotatable bonds is 11. The number of para-hydroxylation sites is 9. The molecule has 0 unspecified atom stereocenters. The Hall–Kier alpha value is -16.8. The van der Waals surface area contributed by atoms with E-state index >= 15 is 0 Å². The second-order valence-corrected chi connectivity index (χ2v) is 44.1. The summed E-state index contributed by atoms with van der Waals surface area (Å²) in [7, 11) is 0. The van der Waals surface area contributed by atoms with E-state index in [0.717, 1.165) is 60.5 Å². The predicted molar refractivity (Wildman–Crippen MR) is 626 cm³/mol. The van der Waals surface area contributed by atoms with Crippen LogP contribution in [0.5, 0.6) is 0 Å². The minimum Gasteiger partial charge on any atom is -0.309 e. The summed E-state index contributed by atoms with van der Waals surface area (Å²) in [4.78, 5) is 0. The van der Waals surface area contributed by atoms with Gasteiger partial charge in [-0.3, -0.25) is 0 Å². The summed E-state index contributed by atoms with van der Waals surface area (Å²) >= 11 is 0. The normalized spacial score (nSPS) is 13.3. The Balaban J connectivity index is 0.000000124. The third-order valence-electron chi connectivity index (χ3n) is 29.4. The average Bonchev–Trinajstić information content (AvgIpc) is 1.56. The molecule has 0 bridgehead atoms.